The van der Waals surface area contributed by atoms with E-state index in [1.165, 1.54) is 5.57 Å². The van der Waals surface area contributed by atoms with E-state index in [0.29, 0.717) is 18.3 Å². The van der Waals surface area contributed by atoms with Crippen molar-refractivity contribution in [1.29, 1.82) is 0 Å². The number of hydrogen-bond donors (Lipinski definition) is 7. The molecule has 2 heterocycles. The van der Waals surface area contributed by atoms with Crippen LogP contribution in [-0.4, -0.2) is 130 Å². The number of rotatable bonds is 7. The maximum absolute atomic E-state index is 13.6. The Morgan fingerprint density at radius 2 is 1.36 bits per heavy atom. The second-order valence-electron chi connectivity index (χ2n) is 20.9. The van der Waals surface area contributed by atoms with Crippen LogP contribution < -0.4 is 0 Å². The molecule has 0 aromatic rings. The quantitative estimate of drug-likeness (QED) is 0.113. The predicted octanol–water partition coefficient (Wildman–Crippen LogP) is 2.97. The minimum atomic E-state index is -1.74. The molecule has 13 heteroatoms. The normalized spacial score (nSPS) is 52.4. The van der Waals surface area contributed by atoms with E-state index in [4.69, 9.17) is 23.7 Å². The van der Waals surface area contributed by atoms with Gasteiger partial charge in [0.05, 0.1) is 31.8 Å². The van der Waals surface area contributed by atoms with Crippen molar-refractivity contribution < 1.29 is 64.2 Å². The van der Waals surface area contributed by atoms with Gasteiger partial charge in [-0.1, -0.05) is 60.1 Å². The second-order valence-corrected chi connectivity index (χ2v) is 20.9. The molecule has 2 saturated heterocycles. The van der Waals surface area contributed by atoms with Gasteiger partial charge in [-0.3, -0.25) is 4.79 Å². The number of ether oxygens (including phenoxy) is 5. The van der Waals surface area contributed by atoms with Crippen molar-refractivity contribution in [2.75, 3.05) is 20.3 Å². The van der Waals surface area contributed by atoms with Crippen LogP contribution in [-0.2, 0) is 28.5 Å². The summed E-state index contributed by atoms with van der Waals surface area (Å²) in [7, 11) is 1.55. The van der Waals surface area contributed by atoms with Crippen LogP contribution in [0.3, 0.4) is 0 Å². The van der Waals surface area contributed by atoms with Crippen LogP contribution in [0.2, 0.25) is 0 Å². The summed E-state index contributed by atoms with van der Waals surface area (Å²) in [5, 5.41) is 73.6. The van der Waals surface area contributed by atoms with Crippen LogP contribution in [0.5, 0.6) is 0 Å². The lowest BCUT2D eigenvalue weighted by Crippen LogP contribution is -2.66. The first-order chi connectivity index (χ1) is 26.2. The third-order valence-corrected chi connectivity index (χ3v) is 17.4. The van der Waals surface area contributed by atoms with Gasteiger partial charge in [0.25, 0.3) is 0 Å². The third kappa shape index (κ3) is 6.31. The number of carbonyl (C=O) groups is 1. The van der Waals surface area contributed by atoms with Gasteiger partial charge in [0.15, 0.2) is 12.6 Å². The van der Waals surface area contributed by atoms with Crippen molar-refractivity contribution in [3.8, 4) is 0 Å². The van der Waals surface area contributed by atoms with Crippen LogP contribution in [0, 0.1) is 50.2 Å². The van der Waals surface area contributed by atoms with Crippen molar-refractivity contribution >= 4 is 5.97 Å². The molecule has 18 atom stereocenters. The molecular formula is C43H70O13. The second kappa shape index (κ2) is 14.7. The zero-order valence-corrected chi connectivity index (χ0v) is 34.7. The zero-order chi connectivity index (χ0) is 41.0. The van der Waals surface area contributed by atoms with Crippen LogP contribution in [0.1, 0.15) is 113 Å². The molecule has 7 rings (SSSR count). The minimum absolute atomic E-state index is 0.00631. The average molecular weight is 795 g/mol. The number of hydrogen-bond acceptors (Lipinski definition) is 13. The largest absolute Gasteiger partial charge is 0.469 e. The average Bonchev–Trinajstić information content (AvgIpc) is 3.15. The SMILES string of the molecule is COC(=O)[C@]12CCC(C)(C)C[C@H]1C1=CC[C@@H]3[C@@]4(C)CC[C@H](O[C@@H]5O[C@H](CO)[C@@H](O[C@@H]6O[C@H](CO)[C@@H](O)[C@H](O)[C@H]6O)[C@H](O)[C@H]5O)C(C)(C)[C@@H]4CC[C@@]3(C)[C@]1(C)CC2. The molecular weight excluding hydrogens is 724 g/mol. The Morgan fingerprint density at radius 3 is 2.02 bits per heavy atom. The predicted molar refractivity (Wildman–Crippen MR) is 202 cm³/mol. The molecule has 320 valence electrons. The summed E-state index contributed by atoms with van der Waals surface area (Å²) in [5.74, 6) is 0.856. The molecule has 0 aromatic heterocycles. The summed E-state index contributed by atoms with van der Waals surface area (Å²) in [6.07, 6.45) is -3.36. The summed E-state index contributed by atoms with van der Waals surface area (Å²) in [6, 6.07) is 0. The van der Waals surface area contributed by atoms with Gasteiger partial charge in [-0.05, 0) is 109 Å². The van der Waals surface area contributed by atoms with Crippen LogP contribution in [0.4, 0.5) is 0 Å². The summed E-state index contributed by atoms with van der Waals surface area (Å²) in [6.45, 7) is 15.4. The first-order valence-electron chi connectivity index (χ1n) is 21.2. The van der Waals surface area contributed by atoms with E-state index >= 15 is 0 Å². The smallest absolute Gasteiger partial charge is 0.312 e. The summed E-state index contributed by atoms with van der Waals surface area (Å²) in [4.78, 5) is 13.6. The number of esters is 1. The van der Waals surface area contributed by atoms with Gasteiger partial charge in [-0.15, -0.1) is 0 Å². The lowest BCUT2D eigenvalue weighted by atomic mass is 9.33. The topological polar surface area (TPSA) is 205 Å². The van der Waals surface area contributed by atoms with Crippen molar-refractivity contribution in [2.24, 2.45) is 50.2 Å². The molecule has 6 fully saturated rings. The molecule has 0 amide bonds. The van der Waals surface area contributed by atoms with Gasteiger partial charge in [0.2, 0.25) is 0 Å². The highest BCUT2D eigenvalue weighted by molar-refractivity contribution is 5.78. The van der Waals surface area contributed by atoms with Gasteiger partial charge in [-0.2, -0.15) is 0 Å². The molecule has 0 radical (unpaired) electrons. The fourth-order valence-corrected chi connectivity index (χ4v) is 13.9. The Kier molecular flexibility index (Phi) is 11.3. The number of allylic oxidation sites excluding steroid dienone is 2. The molecule has 2 aliphatic heterocycles. The fraction of sp³-hybridized carbons (Fsp3) is 0.930. The van der Waals surface area contributed by atoms with E-state index in [0.717, 1.165) is 57.8 Å². The summed E-state index contributed by atoms with van der Waals surface area (Å²) >= 11 is 0. The van der Waals surface area contributed by atoms with E-state index in [9.17, 15) is 40.5 Å². The minimum Gasteiger partial charge on any atom is -0.469 e. The highest BCUT2D eigenvalue weighted by Crippen LogP contribution is 2.76. The number of aliphatic hydroxyl groups is 7. The third-order valence-electron chi connectivity index (χ3n) is 17.4. The summed E-state index contributed by atoms with van der Waals surface area (Å²) in [5.41, 5.74) is 0.852. The van der Waals surface area contributed by atoms with E-state index in [1.807, 2.05) is 0 Å². The molecule has 13 nitrogen and oxygen atoms in total. The molecule has 5 aliphatic carbocycles. The number of methoxy groups -OCH3 is 1. The lowest BCUT2D eigenvalue weighted by molar-refractivity contribution is -0.368. The molecule has 7 N–H and O–H groups in total. The van der Waals surface area contributed by atoms with E-state index in [-0.39, 0.29) is 45.1 Å². The molecule has 4 saturated carbocycles. The zero-order valence-electron chi connectivity index (χ0n) is 34.7. The monoisotopic (exact) mass is 794 g/mol. The number of aliphatic hydroxyl groups excluding tert-OH is 7. The van der Waals surface area contributed by atoms with E-state index in [2.05, 4.69) is 54.5 Å². The molecule has 0 aromatic carbocycles. The van der Waals surface area contributed by atoms with Crippen molar-refractivity contribution in [3.63, 3.8) is 0 Å². The van der Waals surface area contributed by atoms with Crippen LogP contribution in [0.15, 0.2) is 11.6 Å². The maximum Gasteiger partial charge on any atom is 0.312 e. The Balaban J connectivity index is 1.09. The van der Waals surface area contributed by atoms with Gasteiger partial charge in [-0.25, -0.2) is 0 Å². The maximum atomic E-state index is 13.6. The Bertz CT molecular complexity index is 1500. The Morgan fingerprint density at radius 1 is 0.732 bits per heavy atom. The highest BCUT2D eigenvalue weighted by atomic mass is 16.7. The number of carbonyl (C=O) groups excluding carboxylic acids is 1. The first-order valence-corrected chi connectivity index (χ1v) is 21.2. The van der Waals surface area contributed by atoms with Gasteiger partial charge in [0.1, 0.15) is 48.8 Å². The fourth-order valence-electron chi connectivity index (χ4n) is 13.9. The lowest BCUT2D eigenvalue weighted by Gasteiger charge is -2.71. The van der Waals surface area contributed by atoms with Crippen LogP contribution >= 0.6 is 0 Å². The van der Waals surface area contributed by atoms with E-state index < -0.39 is 80.0 Å². The van der Waals surface area contributed by atoms with Crippen molar-refractivity contribution in [3.05, 3.63) is 11.6 Å². The first kappa shape index (κ1) is 42.9. The Labute approximate surface area is 332 Å². The van der Waals surface area contributed by atoms with Gasteiger partial charge < -0.3 is 59.4 Å². The molecule has 56 heavy (non-hydrogen) atoms. The van der Waals surface area contributed by atoms with E-state index in [1.54, 1.807) is 7.11 Å². The molecule has 0 unspecified atom stereocenters. The highest BCUT2D eigenvalue weighted by Gasteiger charge is 2.70. The molecule has 0 spiro atoms. The van der Waals surface area contributed by atoms with Crippen LogP contribution in [0.25, 0.3) is 0 Å². The van der Waals surface area contributed by atoms with Crippen molar-refractivity contribution in [2.45, 2.75) is 180 Å². The standard InChI is InChI=1S/C43H70O13/c1-38(2)15-17-43(37(51)52-8)18-16-41(6)22(23(43)19-38)9-10-27-40(5)13-12-28(39(3,4)26(40)11-14-42(27,41)7)55-35-33(50)31(48)34(25(21-45)54-35)56-36-32(49)30(47)29(46)24(20-44)53-36/h9,23-36,44-50H,10-21H2,1-8H3/t23-,24+,25+,26-,27+,28-,29+,30-,31+,32+,33+,34+,35-,36-,40-,41+,42+,43-/m0/s1. The Hall–Kier alpha value is -1.23. The summed E-state index contributed by atoms with van der Waals surface area (Å²) < 4.78 is 29.5. The number of fused-ring (bicyclic) bond motifs is 7. The molecule has 7 aliphatic rings. The van der Waals surface area contributed by atoms with Gasteiger partial charge in [0, 0.05) is 0 Å². The van der Waals surface area contributed by atoms with Gasteiger partial charge >= 0.3 is 5.97 Å². The van der Waals surface area contributed by atoms with Crippen molar-refractivity contribution in [1.82, 2.24) is 0 Å². The molecule has 0 bridgehead atoms.